The van der Waals surface area contributed by atoms with E-state index in [1.54, 1.807) is 7.11 Å². The lowest BCUT2D eigenvalue weighted by atomic mass is 10.0. The molecule has 18 heavy (non-hydrogen) atoms. The van der Waals surface area contributed by atoms with Crippen LogP contribution in [0.25, 0.3) is 0 Å². The van der Waals surface area contributed by atoms with Crippen LogP contribution in [0.5, 0.6) is 5.75 Å². The van der Waals surface area contributed by atoms with Gasteiger partial charge < -0.3 is 10.1 Å². The molecule has 2 aromatic carbocycles. The second-order valence-electron chi connectivity index (χ2n) is 4.44. The van der Waals surface area contributed by atoms with Crippen LogP contribution in [0.2, 0.25) is 0 Å². The summed E-state index contributed by atoms with van der Waals surface area (Å²) in [6.07, 6.45) is 0. The Morgan fingerprint density at radius 3 is 2.61 bits per heavy atom. The van der Waals surface area contributed by atoms with Gasteiger partial charge in [0.25, 0.3) is 0 Å². The van der Waals surface area contributed by atoms with Crippen molar-refractivity contribution in [1.82, 2.24) is 0 Å². The first-order valence-corrected chi connectivity index (χ1v) is 6.13. The van der Waals surface area contributed by atoms with Crippen LogP contribution in [-0.4, -0.2) is 7.11 Å². The first-order valence-electron chi connectivity index (χ1n) is 6.13. The van der Waals surface area contributed by atoms with Gasteiger partial charge in [-0.3, -0.25) is 0 Å². The van der Waals surface area contributed by atoms with Gasteiger partial charge in [-0.25, -0.2) is 0 Å². The molecule has 1 N–H and O–H groups in total. The molecule has 0 saturated carbocycles. The lowest BCUT2D eigenvalue weighted by Crippen LogP contribution is -2.02. The van der Waals surface area contributed by atoms with E-state index in [9.17, 15) is 0 Å². The minimum Gasteiger partial charge on any atom is -0.497 e. The van der Waals surface area contributed by atoms with E-state index in [0.717, 1.165) is 18.0 Å². The lowest BCUT2D eigenvalue weighted by molar-refractivity contribution is 0.415. The molecule has 0 saturated heterocycles. The summed E-state index contributed by atoms with van der Waals surface area (Å²) in [5.74, 6) is 0.876. The van der Waals surface area contributed by atoms with Gasteiger partial charge in [-0.05, 0) is 42.7 Å². The van der Waals surface area contributed by atoms with E-state index in [1.165, 1.54) is 16.7 Å². The Morgan fingerprint density at radius 1 is 1.06 bits per heavy atom. The Bertz CT molecular complexity index is 534. The van der Waals surface area contributed by atoms with Crippen molar-refractivity contribution >= 4 is 5.69 Å². The zero-order valence-electron chi connectivity index (χ0n) is 11.2. The van der Waals surface area contributed by atoms with E-state index in [-0.39, 0.29) is 0 Å². The van der Waals surface area contributed by atoms with Crippen molar-refractivity contribution in [2.75, 3.05) is 12.4 Å². The quantitative estimate of drug-likeness (QED) is 0.875. The number of ether oxygens (including phenoxy) is 1. The Morgan fingerprint density at radius 2 is 1.83 bits per heavy atom. The standard InChI is InChI=1S/C16H19NO/c1-12-6-4-7-14(13(12)2)11-17-15-8-5-9-16(10-15)18-3/h4-10,17H,11H2,1-3H3. The highest BCUT2D eigenvalue weighted by atomic mass is 16.5. The fraction of sp³-hybridized carbons (Fsp3) is 0.250. The van der Waals surface area contributed by atoms with E-state index in [2.05, 4.69) is 37.4 Å². The first-order chi connectivity index (χ1) is 8.70. The molecule has 0 unspecified atom stereocenters. The molecule has 0 aliphatic rings. The monoisotopic (exact) mass is 241 g/mol. The number of rotatable bonds is 4. The lowest BCUT2D eigenvalue weighted by Gasteiger charge is -2.11. The zero-order chi connectivity index (χ0) is 13.0. The van der Waals surface area contributed by atoms with Crippen molar-refractivity contribution in [1.29, 1.82) is 0 Å². The Labute approximate surface area is 109 Å². The van der Waals surface area contributed by atoms with Crippen LogP contribution in [0.3, 0.4) is 0 Å². The highest BCUT2D eigenvalue weighted by Crippen LogP contribution is 2.19. The van der Waals surface area contributed by atoms with Crippen molar-refractivity contribution in [2.24, 2.45) is 0 Å². The van der Waals surface area contributed by atoms with Gasteiger partial charge in [0.15, 0.2) is 0 Å². The molecule has 0 atom stereocenters. The number of nitrogens with one attached hydrogen (secondary N) is 1. The molecule has 0 amide bonds. The van der Waals surface area contributed by atoms with Gasteiger partial charge in [-0.1, -0.05) is 24.3 Å². The van der Waals surface area contributed by atoms with Crippen molar-refractivity contribution < 1.29 is 4.74 Å². The summed E-state index contributed by atoms with van der Waals surface area (Å²) in [4.78, 5) is 0. The third-order valence-electron chi connectivity index (χ3n) is 3.27. The average Bonchev–Trinajstić information content (AvgIpc) is 2.41. The number of anilines is 1. The van der Waals surface area contributed by atoms with Gasteiger partial charge in [0, 0.05) is 18.3 Å². The maximum atomic E-state index is 5.21. The van der Waals surface area contributed by atoms with E-state index in [1.807, 2.05) is 24.3 Å². The van der Waals surface area contributed by atoms with Gasteiger partial charge in [-0.2, -0.15) is 0 Å². The summed E-state index contributed by atoms with van der Waals surface area (Å²) in [5.41, 5.74) is 5.10. The van der Waals surface area contributed by atoms with E-state index in [4.69, 9.17) is 4.74 Å². The number of benzene rings is 2. The molecule has 0 bridgehead atoms. The maximum Gasteiger partial charge on any atom is 0.120 e. The number of methoxy groups -OCH3 is 1. The molecule has 2 heteroatoms. The SMILES string of the molecule is COc1cccc(NCc2cccc(C)c2C)c1. The Hall–Kier alpha value is -1.96. The maximum absolute atomic E-state index is 5.21. The largest absolute Gasteiger partial charge is 0.497 e. The molecule has 0 aliphatic heterocycles. The minimum absolute atomic E-state index is 0.834. The fourth-order valence-corrected chi connectivity index (χ4v) is 1.93. The molecule has 0 radical (unpaired) electrons. The smallest absolute Gasteiger partial charge is 0.120 e. The number of hydrogen-bond donors (Lipinski definition) is 1. The normalized spacial score (nSPS) is 10.2. The van der Waals surface area contributed by atoms with Crippen molar-refractivity contribution in [3.05, 3.63) is 59.2 Å². The summed E-state index contributed by atoms with van der Waals surface area (Å²) in [5, 5.41) is 3.42. The van der Waals surface area contributed by atoms with Crippen molar-refractivity contribution in [2.45, 2.75) is 20.4 Å². The van der Waals surface area contributed by atoms with Gasteiger partial charge >= 0.3 is 0 Å². The van der Waals surface area contributed by atoms with Crippen molar-refractivity contribution in [3.8, 4) is 5.75 Å². The molecule has 0 aliphatic carbocycles. The first kappa shape index (κ1) is 12.5. The van der Waals surface area contributed by atoms with Crippen LogP contribution in [0.15, 0.2) is 42.5 Å². The molecule has 94 valence electrons. The highest BCUT2D eigenvalue weighted by molar-refractivity contribution is 5.49. The zero-order valence-corrected chi connectivity index (χ0v) is 11.2. The second kappa shape index (κ2) is 5.58. The van der Waals surface area contributed by atoms with Crippen LogP contribution in [0.1, 0.15) is 16.7 Å². The predicted octanol–water partition coefficient (Wildman–Crippen LogP) is 3.92. The topological polar surface area (TPSA) is 21.3 Å². The molecule has 2 rings (SSSR count). The van der Waals surface area contributed by atoms with Crippen LogP contribution < -0.4 is 10.1 Å². The van der Waals surface area contributed by atoms with Crippen LogP contribution in [0, 0.1) is 13.8 Å². The summed E-state index contributed by atoms with van der Waals surface area (Å²) in [6.45, 7) is 5.14. The fourth-order valence-electron chi connectivity index (χ4n) is 1.93. The Balaban J connectivity index is 2.09. The molecule has 0 spiro atoms. The van der Waals surface area contributed by atoms with Crippen molar-refractivity contribution in [3.63, 3.8) is 0 Å². The molecule has 0 aromatic heterocycles. The van der Waals surface area contributed by atoms with Gasteiger partial charge in [0.1, 0.15) is 5.75 Å². The third-order valence-corrected chi connectivity index (χ3v) is 3.27. The number of aryl methyl sites for hydroxylation is 1. The second-order valence-corrected chi connectivity index (χ2v) is 4.44. The van der Waals surface area contributed by atoms with E-state index >= 15 is 0 Å². The summed E-state index contributed by atoms with van der Waals surface area (Å²) >= 11 is 0. The molecule has 2 nitrogen and oxygen atoms in total. The number of hydrogen-bond acceptors (Lipinski definition) is 2. The van der Waals surface area contributed by atoms with E-state index in [0.29, 0.717) is 0 Å². The predicted molar refractivity (Wildman–Crippen MR) is 76.2 cm³/mol. The van der Waals surface area contributed by atoms with Gasteiger partial charge in [0.05, 0.1) is 7.11 Å². The van der Waals surface area contributed by atoms with Crippen LogP contribution in [-0.2, 0) is 6.54 Å². The highest BCUT2D eigenvalue weighted by Gasteiger charge is 2.01. The molecule has 2 aromatic rings. The molecular weight excluding hydrogens is 222 g/mol. The molecule has 0 heterocycles. The van der Waals surface area contributed by atoms with Crippen LogP contribution in [0.4, 0.5) is 5.69 Å². The van der Waals surface area contributed by atoms with Crippen LogP contribution >= 0.6 is 0 Å². The van der Waals surface area contributed by atoms with Gasteiger partial charge in [-0.15, -0.1) is 0 Å². The summed E-state index contributed by atoms with van der Waals surface area (Å²) in [6, 6.07) is 14.4. The third kappa shape index (κ3) is 2.83. The molecule has 0 fully saturated rings. The molecular formula is C16H19NO. The Kier molecular flexibility index (Phi) is 3.88. The summed E-state index contributed by atoms with van der Waals surface area (Å²) in [7, 11) is 1.68. The summed E-state index contributed by atoms with van der Waals surface area (Å²) < 4.78 is 5.21. The minimum atomic E-state index is 0.834. The van der Waals surface area contributed by atoms with E-state index < -0.39 is 0 Å². The van der Waals surface area contributed by atoms with Gasteiger partial charge in [0.2, 0.25) is 0 Å². The average molecular weight is 241 g/mol.